The third-order valence-corrected chi connectivity index (χ3v) is 6.70. The molecule has 10 heteroatoms. The van der Waals surface area contributed by atoms with Crippen LogP contribution in [0, 0.1) is 11.3 Å². The second kappa shape index (κ2) is 8.67. The monoisotopic (exact) mass is 479 g/mol. The van der Waals surface area contributed by atoms with Crippen LogP contribution in [-0.4, -0.2) is 21.7 Å². The van der Waals surface area contributed by atoms with E-state index in [1.165, 1.54) is 11.8 Å². The molecular formula is C22H14ClN5O2S2. The predicted molar refractivity (Wildman–Crippen MR) is 125 cm³/mol. The fraction of sp³-hybridized carbons (Fsp3) is 0.0909. The molecule has 7 nitrogen and oxygen atoms in total. The fourth-order valence-corrected chi connectivity index (χ4v) is 5.01. The van der Waals surface area contributed by atoms with Crippen LogP contribution in [-0.2, 0) is 5.75 Å². The van der Waals surface area contributed by atoms with E-state index in [4.69, 9.17) is 26.8 Å². The van der Waals surface area contributed by atoms with E-state index < -0.39 is 0 Å². The molecule has 1 aliphatic heterocycles. The lowest BCUT2D eigenvalue weighted by Crippen LogP contribution is -2.02. The zero-order chi connectivity index (χ0) is 22.1. The van der Waals surface area contributed by atoms with Crippen molar-refractivity contribution in [3.8, 4) is 39.4 Å². The quantitative estimate of drug-likeness (QED) is 0.299. The number of rotatable bonds is 5. The summed E-state index contributed by atoms with van der Waals surface area (Å²) in [6.45, 7) is 0.168. The molecule has 1 aliphatic rings. The van der Waals surface area contributed by atoms with Crippen LogP contribution < -0.4 is 15.2 Å². The number of aromatic nitrogens is 3. The number of nitrogens with two attached hydrogens (primary N) is 1. The summed E-state index contributed by atoms with van der Waals surface area (Å²) in [5.74, 6) is 1.95. The number of thioether (sulfide) groups is 1. The highest BCUT2D eigenvalue weighted by molar-refractivity contribution is 7.98. The Balaban J connectivity index is 1.40. The number of anilines is 1. The number of thiazole rings is 1. The highest BCUT2D eigenvalue weighted by atomic mass is 35.5. The third-order valence-electron chi connectivity index (χ3n) is 4.65. The van der Waals surface area contributed by atoms with Crippen LogP contribution >= 0.6 is 34.7 Å². The zero-order valence-corrected chi connectivity index (χ0v) is 18.8. The van der Waals surface area contributed by atoms with Crippen LogP contribution in [0.5, 0.6) is 11.5 Å². The number of hydrogen-bond donors (Lipinski definition) is 1. The average Bonchev–Trinajstić information content (AvgIpc) is 3.46. The standard InChI is InChI=1S/C22H14ClN5O2S2/c23-14-3-1-2-13(6-14)21-26-15(9-31-21)10-32-22-27-19(16(8-24)20(25)28-22)12-4-5-17-18(7-12)30-11-29-17/h1-7,9H,10-11H2,(H2,25,27,28). The Hall–Kier alpha value is -3.32. The summed E-state index contributed by atoms with van der Waals surface area (Å²) in [7, 11) is 0. The lowest BCUT2D eigenvalue weighted by molar-refractivity contribution is 0.174. The SMILES string of the molecule is N#Cc1c(N)nc(SCc2csc(-c3cccc(Cl)c3)n2)nc1-c1ccc2c(c1)OCO2. The Morgan fingerprint density at radius 1 is 1.09 bits per heavy atom. The fourth-order valence-electron chi connectivity index (χ4n) is 3.15. The van der Waals surface area contributed by atoms with Gasteiger partial charge < -0.3 is 15.2 Å². The molecule has 0 amide bonds. The number of nitriles is 1. The van der Waals surface area contributed by atoms with Crippen LogP contribution in [0.2, 0.25) is 5.02 Å². The molecule has 32 heavy (non-hydrogen) atoms. The van der Waals surface area contributed by atoms with Gasteiger partial charge in [0.2, 0.25) is 6.79 Å². The topological polar surface area (TPSA) is 107 Å². The lowest BCUT2D eigenvalue weighted by atomic mass is 10.1. The van der Waals surface area contributed by atoms with Gasteiger partial charge in [-0.15, -0.1) is 11.3 Å². The van der Waals surface area contributed by atoms with E-state index in [2.05, 4.69) is 21.0 Å². The number of nitrogens with zero attached hydrogens (tertiary/aromatic N) is 4. The van der Waals surface area contributed by atoms with Gasteiger partial charge in [-0.3, -0.25) is 0 Å². The maximum atomic E-state index is 9.59. The van der Waals surface area contributed by atoms with Gasteiger partial charge in [0.25, 0.3) is 0 Å². The molecule has 5 rings (SSSR count). The number of halogens is 1. The van der Waals surface area contributed by atoms with E-state index in [1.807, 2.05) is 35.7 Å². The smallest absolute Gasteiger partial charge is 0.231 e. The van der Waals surface area contributed by atoms with Crippen molar-refractivity contribution in [3.05, 3.63) is 64.1 Å². The molecule has 158 valence electrons. The van der Waals surface area contributed by atoms with Gasteiger partial charge in [-0.1, -0.05) is 35.5 Å². The van der Waals surface area contributed by atoms with E-state index in [0.717, 1.165) is 16.3 Å². The molecule has 0 spiro atoms. The van der Waals surface area contributed by atoms with Crippen LogP contribution in [0.25, 0.3) is 21.8 Å². The van der Waals surface area contributed by atoms with E-state index in [9.17, 15) is 5.26 Å². The summed E-state index contributed by atoms with van der Waals surface area (Å²) in [5.41, 5.74) is 9.34. The normalized spacial score (nSPS) is 12.0. The number of fused-ring (bicyclic) bond motifs is 1. The summed E-state index contributed by atoms with van der Waals surface area (Å²) >= 11 is 9.04. The van der Waals surface area contributed by atoms with Crippen molar-refractivity contribution in [2.24, 2.45) is 0 Å². The van der Waals surface area contributed by atoms with Gasteiger partial charge in [0.05, 0.1) is 11.4 Å². The Labute approximate surface area is 196 Å². The highest BCUT2D eigenvalue weighted by Crippen LogP contribution is 2.37. The molecule has 0 atom stereocenters. The van der Waals surface area contributed by atoms with Crippen molar-refractivity contribution >= 4 is 40.5 Å². The Kier molecular flexibility index (Phi) is 5.57. The molecule has 4 aromatic rings. The molecule has 0 aliphatic carbocycles. The second-order valence-electron chi connectivity index (χ2n) is 6.74. The van der Waals surface area contributed by atoms with Gasteiger partial charge in [-0.25, -0.2) is 15.0 Å². The molecule has 2 aromatic carbocycles. The van der Waals surface area contributed by atoms with E-state index in [0.29, 0.717) is 38.7 Å². The van der Waals surface area contributed by atoms with Gasteiger partial charge in [0.1, 0.15) is 22.5 Å². The van der Waals surface area contributed by atoms with E-state index in [1.54, 1.807) is 23.5 Å². The first kappa shape index (κ1) is 20.6. The van der Waals surface area contributed by atoms with Crippen molar-refractivity contribution in [2.75, 3.05) is 12.5 Å². The molecule has 2 N–H and O–H groups in total. The minimum atomic E-state index is 0.135. The first-order valence-corrected chi connectivity index (χ1v) is 11.7. The first-order chi connectivity index (χ1) is 15.6. The molecule has 0 unspecified atom stereocenters. The predicted octanol–water partition coefficient (Wildman–Crippen LogP) is 5.40. The lowest BCUT2D eigenvalue weighted by Gasteiger charge is -2.09. The summed E-state index contributed by atoms with van der Waals surface area (Å²) in [5, 5.41) is 13.6. The molecule has 0 bridgehead atoms. The van der Waals surface area contributed by atoms with Gasteiger partial charge in [0.15, 0.2) is 16.7 Å². The summed E-state index contributed by atoms with van der Waals surface area (Å²) < 4.78 is 10.8. The Bertz CT molecular complexity index is 1370. The van der Waals surface area contributed by atoms with E-state index in [-0.39, 0.29) is 18.2 Å². The van der Waals surface area contributed by atoms with Crippen molar-refractivity contribution in [1.29, 1.82) is 5.26 Å². The molecule has 0 fully saturated rings. The van der Waals surface area contributed by atoms with Crippen LogP contribution in [0.15, 0.2) is 53.0 Å². The molecule has 2 aromatic heterocycles. The van der Waals surface area contributed by atoms with E-state index >= 15 is 0 Å². The van der Waals surface area contributed by atoms with Crippen molar-refractivity contribution in [3.63, 3.8) is 0 Å². The Morgan fingerprint density at radius 3 is 2.81 bits per heavy atom. The van der Waals surface area contributed by atoms with Crippen LogP contribution in [0.4, 0.5) is 5.82 Å². The molecule has 0 radical (unpaired) electrons. The van der Waals surface area contributed by atoms with Gasteiger partial charge >= 0.3 is 0 Å². The van der Waals surface area contributed by atoms with Crippen molar-refractivity contribution in [2.45, 2.75) is 10.9 Å². The third kappa shape index (κ3) is 4.08. The first-order valence-electron chi connectivity index (χ1n) is 9.41. The maximum absolute atomic E-state index is 9.59. The van der Waals surface area contributed by atoms with Gasteiger partial charge in [0, 0.05) is 27.3 Å². The minimum Gasteiger partial charge on any atom is -0.454 e. The molecular weight excluding hydrogens is 466 g/mol. The van der Waals surface area contributed by atoms with Crippen LogP contribution in [0.3, 0.4) is 0 Å². The maximum Gasteiger partial charge on any atom is 0.231 e. The Morgan fingerprint density at radius 2 is 1.97 bits per heavy atom. The summed E-state index contributed by atoms with van der Waals surface area (Å²) in [4.78, 5) is 13.6. The summed E-state index contributed by atoms with van der Waals surface area (Å²) in [6, 6.07) is 15.1. The van der Waals surface area contributed by atoms with Gasteiger partial charge in [-0.05, 0) is 30.3 Å². The second-order valence-corrected chi connectivity index (χ2v) is 8.97. The average molecular weight is 480 g/mol. The van der Waals surface area contributed by atoms with Crippen molar-refractivity contribution < 1.29 is 9.47 Å². The molecule has 0 saturated carbocycles. The van der Waals surface area contributed by atoms with Gasteiger partial charge in [-0.2, -0.15) is 5.26 Å². The highest BCUT2D eigenvalue weighted by Gasteiger charge is 2.19. The number of benzene rings is 2. The number of hydrogen-bond acceptors (Lipinski definition) is 9. The largest absolute Gasteiger partial charge is 0.454 e. The number of nitrogen functional groups attached to an aromatic ring is 1. The number of ether oxygens (including phenoxy) is 2. The van der Waals surface area contributed by atoms with Crippen LogP contribution in [0.1, 0.15) is 11.3 Å². The minimum absolute atomic E-state index is 0.135. The molecule has 3 heterocycles. The van der Waals surface area contributed by atoms with Crippen molar-refractivity contribution in [1.82, 2.24) is 15.0 Å². The summed E-state index contributed by atoms with van der Waals surface area (Å²) in [6.07, 6.45) is 0. The zero-order valence-electron chi connectivity index (χ0n) is 16.4. The molecule has 0 saturated heterocycles.